The summed E-state index contributed by atoms with van der Waals surface area (Å²) in [5.41, 5.74) is 5.88. The highest BCUT2D eigenvalue weighted by Crippen LogP contribution is 2.35. The fourth-order valence-electron chi connectivity index (χ4n) is 1.76. The van der Waals surface area contributed by atoms with Gasteiger partial charge in [-0.05, 0) is 18.1 Å². The van der Waals surface area contributed by atoms with Gasteiger partial charge in [0, 0.05) is 5.56 Å². The molecule has 0 saturated carbocycles. The van der Waals surface area contributed by atoms with Gasteiger partial charge in [0.05, 0.1) is 5.56 Å². The first-order valence-electron chi connectivity index (χ1n) is 5.32. The number of benzene rings is 1. The lowest BCUT2D eigenvalue weighted by atomic mass is 9.99. The summed E-state index contributed by atoms with van der Waals surface area (Å²) < 4.78 is 44.6. The SMILES string of the molecule is CC(C)c1c(N)noc1-c1ccc(F)c(F)c1F. The zero-order valence-electron chi connectivity index (χ0n) is 9.80. The molecule has 96 valence electrons. The third-order valence-corrected chi connectivity index (χ3v) is 2.61. The Hall–Kier alpha value is -1.98. The quantitative estimate of drug-likeness (QED) is 0.837. The third kappa shape index (κ3) is 1.83. The molecule has 2 rings (SSSR count). The molecule has 0 bridgehead atoms. The molecule has 1 aromatic heterocycles. The van der Waals surface area contributed by atoms with E-state index >= 15 is 0 Å². The Labute approximate surface area is 101 Å². The number of aromatic nitrogens is 1. The topological polar surface area (TPSA) is 52.0 Å². The lowest BCUT2D eigenvalue weighted by Gasteiger charge is -2.06. The van der Waals surface area contributed by atoms with Crippen molar-refractivity contribution in [1.29, 1.82) is 0 Å². The summed E-state index contributed by atoms with van der Waals surface area (Å²) in [6.45, 7) is 3.62. The van der Waals surface area contributed by atoms with Gasteiger partial charge in [0.15, 0.2) is 29.0 Å². The Morgan fingerprint density at radius 2 is 1.83 bits per heavy atom. The molecule has 2 aromatic rings. The van der Waals surface area contributed by atoms with E-state index in [0.29, 0.717) is 5.56 Å². The molecule has 0 fully saturated rings. The van der Waals surface area contributed by atoms with Crippen LogP contribution in [-0.4, -0.2) is 5.16 Å². The van der Waals surface area contributed by atoms with Gasteiger partial charge >= 0.3 is 0 Å². The Morgan fingerprint density at radius 3 is 2.44 bits per heavy atom. The number of rotatable bonds is 2. The van der Waals surface area contributed by atoms with Gasteiger partial charge in [-0.2, -0.15) is 0 Å². The van der Waals surface area contributed by atoms with E-state index in [4.69, 9.17) is 10.3 Å². The van der Waals surface area contributed by atoms with Crippen LogP contribution in [0.2, 0.25) is 0 Å². The molecular formula is C12H11F3N2O. The monoisotopic (exact) mass is 256 g/mol. The Balaban J connectivity index is 2.67. The summed E-state index contributed by atoms with van der Waals surface area (Å²) in [7, 11) is 0. The van der Waals surface area contributed by atoms with E-state index in [1.54, 1.807) is 0 Å². The highest BCUT2D eigenvalue weighted by Gasteiger charge is 2.24. The van der Waals surface area contributed by atoms with E-state index in [2.05, 4.69) is 5.16 Å². The molecule has 0 radical (unpaired) electrons. The number of nitrogen functional groups attached to an aromatic ring is 1. The molecule has 0 atom stereocenters. The molecule has 0 aliphatic carbocycles. The van der Waals surface area contributed by atoms with Crippen LogP contribution in [0.1, 0.15) is 25.3 Å². The van der Waals surface area contributed by atoms with Crippen LogP contribution in [0.25, 0.3) is 11.3 Å². The van der Waals surface area contributed by atoms with Gasteiger partial charge in [-0.1, -0.05) is 19.0 Å². The van der Waals surface area contributed by atoms with Crippen LogP contribution in [0, 0.1) is 17.5 Å². The molecule has 0 unspecified atom stereocenters. The highest BCUT2D eigenvalue weighted by molar-refractivity contribution is 5.67. The predicted molar refractivity (Wildman–Crippen MR) is 60.3 cm³/mol. The van der Waals surface area contributed by atoms with E-state index in [9.17, 15) is 13.2 Å². The summed E-state index contributed by atoms with van der Waals surface area (Å²) >= 11 is 0. The van der Waals surface area contributed by atoms with Crippen LogP contribution in [0.15, 0.2) is 16.7 Å². The van der Waals surface area contributed by atoms with E-state index in [-0.39, 0.29) is 23.1 Å². The van der Waals surface area contributed by atoms with Crippen LogP contribution < -0.4 is 5.73 Å². The average molecular weight is 256 g/mol. The molecule has 0 saturated heterocycles. The predicted octanol–water partition coefficient (Wildman–Crippen LogP) is 3.46. The fraction of sp³-hybridized carbons (Fsp3) is 0.250. The number of halogens is 3. The first-order valence-corrected chi connectivity index (χ1v) is 5.32. The molecule has 0 amide bonds. The Morgan fingerprint density at radius 1 is 1.17 bits per heavy atom. The van der Waals surface area contributed by atoms with Crippen molar-refractivity contribution < 1.29 is 17.7 Å². The third-order valence-electron chi connectivity index (χ3n) is 2.61. The molecule has 1 heterocycles. The second kappa shape index (κ2) is 4.36. The van der Waals surface area contributed by atoms with Gasteiger partial charge in [-0.3, -0.25) is 0 Å². The largest absolute Gasteiger partial charge is 0.381 e. The van der Waals surface area contributed by atoms with E-state index in [1.807, 2.05) is 13.8 Å². The van der Waals surface area contributed by atoms with Crippen LogP contribution in [0.4, 0.5) is 19.0 Å². The minimum absolute atomic E-state index is 0.0268. The molecule has 2 N–H and O–H groups in total. The van der Waals surface area contributed by atoms with E-state index < -0.39 is 17.5 Å². The van der Waals surface area contributed by atoms with Crippen LogP contribution in [-0.2, 0) is 0 Å². The number of hydrogen-bond donors (Lipinski definition) is 1. The normalized spacial score (nSPS) is 11.2. The van der Waals surface area contributed by atoms with Gasteiger partial charge in [0.2, 0.25) is 0 Å². The standard InChI is InChI=1S/C12H11F3N2O/c1-5(2)8-11(18-17-12(8)16)6-3-4-7(13)10(15)9(6)14/h3-5H,1-2H3,(H2,16,17). The van der Waals surface area contributed by atoms with Crippen molar-refractivity contribution in [1.82, 2.24) is 5.16 Å². The van der Waals surface area contributed by atoms with Crippen LogP contribution in [0.3, 0.4) is 0 Å². The molecule has 0 aliphatic rings. The molecule has 6 heteroatoms. The van der Waals surface area contributed by atoms with Gasteiger partial charge in [-0.15, -0.1) is 0 Å². The van der Waals surface area contributed by atoms with Gasteiger partial charge in [0.25, 0.3) is 0 Å². The second-order valence-electron chi connectivity index (χ2n) is 4.19. The maximum atomic E-state index is 13.7. The van der Waals surface area contributed by atoms with Crippen molar-refractivity contribution in [3.05, 3.63) is 35.1 Å². The number of hydrogen-bond acceptors (Lipinski definition) is 3. The fourth-order valence-corrected chi connectivity index (χ4v) is 1.76. The molecule has 0 spiro atoms. The summed E-state index contributed by atoms with van der Waals surface area (Å²) in [6.07, 6.45) is 0. The van der Waals surface area contributed by atoms with Crippen LogP contribution >= 0.6 is 0 Å². The highest BCUT2D eigenvalue weighted by atomic mass is 19.2. The Kier molecular flexibility index (Phi) is 3.02. The molecule has 18 heavy (non-hydrogen) atoms. The van der Waals surface area contributed by atoms with Crippen LogP contribution in [0.5, 0.6) is 0 Å². The lowest BCUT2D eigenvalue weighted by molar-refractivity contribution is 0.422. The van der Waals surface area contributed by atoms with E-state index in [1.165, 1.54) is 0 Å². The zero-order chi connectivity index (χ0) is 13.4. The summed E-state index contributed by atoms with van der Waals surface area (Å²) in [5, 5.41) is 3.53. The molecular weight excluding hydrogens is 245 g/mol. The summed E-state index contributed by atoms with van der Waals surface area (Å²) in [5.74, 6) is -4.05. The number of anilines is 1. The van der Waals surface area contributed by atoms with Gasteiger partial charge in [-0.25, -0.2) is 13.2 Å². The first-order chi connectivity index (χ1) is 8.43. The molecule has 0 aliphatic heterocycles. The minimum atomic E-state index is -1.54. The average Bonchev–Trinajstić information content (AvgIpc) is 2.68. The van der Waals surface area contributed by atoms with E-state index in [0.717, 1.165) is 12.1 Å². The minimum Gasteiger partial charge on any atom is -0.381 e. The maximum absolute atomic E-state index is 13.7. The van der Waals surface area contributed by atoms with Crippen molar-refractivity contribution in [3.8, 4) is 11.3 Å². The van der Waals surface area contributed by atoms with Crippen molar-refractivity contribution in [2.75, 3.05) is 5.73 Å². The summed E-state index contributed by atoms with van der Waals surface area (Å²) in [4.78, 5) is 0. The lowest BCUT2D eigenvalue weighted by Crippen LogP contribution is -1.98. The Bertz CT molecular complexity index is 593. The smallest absolute Gasteiger partial charge is 0.195 e. The van der Waals surface area contributed by atoms with Crippen molar-refractivity contribution in [2.24, 2.45) is 0 Å². The number of nitrogens with zero attached hydrogens (tertiary/aromatic N) is 1. The maximum Gasteiger partial charge on any atom is 0.195 e. The summed E-state index contributed by atoms with van der Waals surface area (Å²) in [6, 6.07) is 1.93. The van der Waals surface area contributed by atoms with Gasteiger partial charge in [0.1, 0.15) is 0 Å². The van der Waals surface area contributed by atoms with Crippen molar-refractivity contribution >= 4 is 5.82 Å². The van der Waals surface area contributed by atoms with Gasteiger partial charge < -0.3 is 10.3 Å². The first kappa shape index (κ1) is 12.5. The second-order valence-corrected chi connectivity index (χ2v) is 4.19. The zero-order valence-corrected chi connectivity index (χ0v) is 9.80. The van der Waals surface area contributed by atoms with Crippen molar-refractivity contribution in [3.63, 3.8) is 0 Å². The van der Waals surface area contributed by atoms with Crippen molar-refractivity contribution in [2.45, 2.75) is 19.8 Å². The number of nitrogens with two attached hydrogens (primary N) is 1. The molecule has 3 nitrogen and oxygen atoms in total. The molecule has 1 aromatic carbocycles.